The number of halogens is 1. The van der Waals surface area contributed by atoms with Gasteiger partial charge in [0.15, 0.2) is 5.78 Å². The molecule has 2 atom stereocenters. The van der Waals surface area contributed by atoms with Crippen LogP contribution in [0, 0.1) is 0 Å². The summed E-state index contributed by atoms with van der Waals surface area (Å²) in [5.41, 5.74) is 3.39. The Kier molecular flexibility index (Phi) is 5.46. The number of amides is 1. The number of carbonyl (C=O) groups excluding carboxylic acids is 2. The topological polar surface area (TPSA) is 64.6 Å². The zero-order valence-electron chi connectivity index (χ0n) is 16.3. The first-order chi connectivity index (χ1) is 14.0. The molecule has 1 aliphatic carbocycles. The molecule has 0 bridgehead atoms. The van der Waals surface area contributed by atoms with Gasteiger partial charge in [0.05, 0.1) is 14.2 Å². The van der Waals surface area contributed by atoms with E-state index < -0.39 is 0 Å². The molecule has 2 aromatic rings. The van der Waals surface area contributed by atoms with Crippen molar-refractivity contribution in [3.63, 3.8) is 0 Å². The molecular formula is C23H22BrNO4. The SMILES string of the molecule is COc1ccc(OC)c([C@@H]2CC(=O)C3=C(C2)NC(=O)C[C@@H]3c2ccc(Br)cc2)c1. The van der Waals surface area contributed by atoms with E-state index >= 15 is 0 Å². The molecule has 4 rings (SSSR count). The molecule has 2 aliphatic rings. The van der Waals surface area contributed by atoms with Crippen LogP contribution < -0.4 is 14.8 Å². The second-order valence-electron chi connectivity index (χ2n) is 7.38. The molecule has 0 radical (unpaired) electrons. The van der Waals surface area contributed by atoms with Gasteiger partial charge < -0.3 is 14.8 Å². The third kappa shape index (κ3) is 3.81. The first kappa shape index (κ1) is 19.7. The molecular weight excluding hydrogens is 434 g/mol. The van der Waals surface area contributed by atoms with E-state index in [-0.39, 0.29) is 23.5 Å². The highest BCUT2D eigenvalue weighted by Gasteiger charge is 2.38. The standard InChI is InChI=1S/C23H22BrNO4/c1-28-16-7-8-21(29-2)17(11-16)14-9-19-23(20(26)10-14)18(12-22(27)25-19)13-3-5-15(24)6-4-13/h3-8,11,14,18H,9-10,12H2,1-2H3,(H,25,27)/t14-,18+/m0/s1. The van der Waals surface area contributed by atoms with Crippen molar-refractivity contribution in [1.29, 1.82) is 0 Å². The van der Waals surface area contributed by atoms with Gasteiger partial charge in [-0.3, -0.25) is 9.59 Å². The summed E-state index contributed by atoms with van der Waals surface area (Å²) in [6.45, 7) is 0. The van der Waals surface area contributed by atoms with E-state index in [1.807, 2.05) is 42.5 Å². The second-order valence-corrected chi connectivity index (χ2v) is 8.30. The monoisotopic (exact) mass is 455 g/mol. The normalized spacial score (nSPS) is 21.5. The summed E-state index contributed by atoms with van der Waals surface area (Å²) in [5, 5.41) is 2.96. The van der Waals surface area contributed by atoms with E-state index in [1.54, 1.807) is 14.2 Å². The Hall–Kier alpha value is -2.60. The number of Topliss-reactive ketones (excluding diaryl/α,β-unsaturated/α-hetero) is 1. The fourth-order valence-electron chi connectivity index (χ4n) is 4.32. The highest BCUT2D eigenvalue weighted by Crippen LogP contribution is 2.45. The van der Waals surface area contributed by atoms with E-state index in [9.17, 15) is 9.59 Å². The molecule has 0 saturated carbocycles. The van der Waals surface area contributed by atoms with Gasteiger partial charge in [-0.05, 0) is 42.3 Å². The molecule has 5 nitrogen and oxygen atoms in total. The van der Waals surface area contributed by atoms with Crippen LogP contribution in [0.25, 0.3) is 0 Å². The lowest BCUT2D eigenvalue weighted by Crippen LogP contribution is -2.38. The summed E-state index contributed by atoms with van der Waals surface area (Å²) >= 11 is 3.44. The second kappa shape index (κ2) is 8.03. The smallest absolute Gasteiger partial charge is 0.225 e. The number of methoxy groups -OCH3 is 2. The lowest BCUT2D eigenvalue weighted by Gasteiger charge is -2.35. The van der Waals surface area contributed by atoms with Crippen molar-refractivity contribution in [1.82, 2.24) is 5.32 Å². The van der Waals surface area contributed by atoms with Gasteiger partial charge in [0, 0.05) is 46.0 Å². The van der Waals surface area contributed by atoms with Crippen molar-refractivity contribution < 1.29 is 19.1 Å². The molecule has 1 aliphatic heterocycles. The van der Waals surface area contributed by atoms with Gasteiger partial charge in [-0.2, -0.15) is 0 Å². The molecule has 0 spiro atoms. The summed E-state index contributed by atoms with van der Waals surface area (Å²) in [6, 6.07) is 13.4. The Morgan fingerprint density at radius 3 is 2.41 bits per heavy atom. The molecule has 1 amide bonds. The highest BCUT2D eigenvalue weighted by molar-refractivity contribution is 9.10. The minimum absolute atomic E-state index is 0.0530. The Labute approximate surface area is 178 Å². The fraction of sp³-hybridized carbons (Fsp3) is 0.304. The van der Waals surface area contributed by atoms with Crippen LogP contribution in [0.15, 0.2) is 58.2 Å². The summed E-state index contributed by atoms with van der Waals surface area (Å²) in [7, 11) is 3.23. The number of ether oxygens (including phenoxy) is 2. The van der Waals surface area contributed by atoms with Crippen molar-refractivity contribution in [2.75, 3.05) is 14.2 Å². The summed E-state index contributed by atoms with van der Waals surface area (Å²) in [5.74, 6) is 1.19. The van der Waals surface area contributed by atoms with Crippen molar-refractivity contribution in [2.24, 2.45) is 0 Å². The lowest BCUT2D eigenvalue weighted by molar-refractivity contribution is -0.122. The molecule has 2 aromatic carbocycles. The Morgan fingerprint density at radius 2 is 1.72 bits per heavy atom. The number of hydrogen-bond acceptors (Lipinski definition) is 4. The molecule has 0 aromatic heterocycles. The Balaban J connectivity index is 1.72. The van der Waals surface area contributed by atoms with Gasteiger partial charge in [0.2, 0.25) is 5.91 Å². The average Bonchev–Trinajstić information content (AvgIpc) is 2.72. The maximum absolute atomic E-state index is 13.2. The predicted molar refractivity (Wildman–Crippen MR) is 113 cm³/mol. The van der Waals surface area contributed by atoms with Crippen molar-refractivity contribution in [3.05, 3.63) is 69.3 Å². The van der Waals surface area contributed by atoms with E-state index in [1.165, 1.54) is 0 Å². The van der Waals surface area contributed by atoms with Crippen molar-refractivity contribution >= 4 is 27.6 Å². The van der Waals surface area contributed by atoms with Crippen LogP contribution in [-0.2, 0) is 9.59 Å². The van der Waals surface area contributed by atoms with Crippen LogP contribution in [-0.4, -0.2) is 25.9 Å². The molecule has 1 N–H and O–H groups in total. The van der Waals surface area contributed by atoms with E-state index in [0.29, 0.717) is 25.0 Å². The zero-order valence-corrected chi connectivity index (χ0v) is 17.9. The predicted octanol–water partition coefficient (Wildman–Crippen LogP) is 4.47. The third-order valence-electron chi connectivity index (χ3n) is 5.69. The van der Waals surface area contributed by atoms with Crippen molar-refractivity contribution in [2.45, 2.75) is 31.1 Å². The van der Waals surface area contributed by atoms with Crippen LogP contribution in [0.1, 0.15) is 42.2 Å². The number of hydrogen-bond donors (Lipinski definition) is 1. The van der Waals surface area contributed by atoms with Gasteiger partial charge in [0.1, 0.15) is 11.5 Å². The third-order valence-corrected chi connectivity index (χ3v) is 6.21. The maximum Gasteiger partial charge on any atom is 0.225 e. The summed E-state index contributed by atoms with van der Waals surface area (Å²) < 4.78 is 11.8. The van der Waals surface area contributed by atoms with Gasteiger partial charge in [-0.25, -0.2) is 0 Å². The molecule has 0 saturated heterocycles. The van der Waals surface area contributed by atoms with Gasteiger partial charge >= 0.3 is 0 Å². The Bertz CT molecular complexity index is 996. The zero-order chi connectivity index (χ0) is 20.5. The fourth-order valence-corrected chi connectivity index (χ4v) is 4.58. The van der Waals surface area contributed by atoms with Gasteiger partial charge in [-0.15, -0.1) is 0 Å². The number of carbonyl (C=O) groups is 2. The average molecular weight is 456 g/mol. The molecule has 0 fully saturated rings. The minimum atomic E-state index is -0.201. The van der Waals surface area contributed by atoms with Crippen LogP contribution >= 0.6 is 15.9 Å². The van der Waals surface area contributed by atoms with E-state index in [4.69, 9.17) is 9.47 Å². The number of nitrogens with one attached hydrogen (secondary N) is 1. The molecule has 6 heteroatoms. The van der Waals surface area contributed by atoms with Gasteiger partial charge in [0.25, 0.3) is 0 Å². The number of benzene rings is 2. The van der Waals surface area contributed by atoms with Crippen LogP contribution in [0.5, 0.6) is 11.5 Å². The van der Waals surface area contributed by atoms with E-state index in [0.717, 1.165) is 32.6 Å². The molecule has 29 heavy (non-hydrogen) atoms. The quantitative estimate of drug-likeness (QED) is 0.738. The van der Waals surface area contributed by atoms with Crippen LogP contribution in [0.3, 0.4) is 0 Å². The van der Waals surface area contributed by atoms with E-state index in [2.05, 4.69) is 21.2 Å². The number of allylic oxidation sites excluding steroid dienone is 2. The van der Waals surface area contributed by atoms with Crippen LogP contribution in [0.2, 0.25) is 0 Å². The molecule has 1 heterocycles. The lowest BCUT2D eigenvalue weighted by atomic mass is 9.73. The maximum atomic E-state index is 13.2. The minimum Gasteiger partial charge on any atom is -0.497 e. The van der Waals surface area contributed by atoms with Crippen molar-refractivity contribution in [3.8, 4) is 11.5 Å². The van der Waals surface area contributed by atoms with Gasteiger partial charge in [-0.1, -0.05) is 28.1 Å². The largest absolute Gasteiger partial charge is 0.497 e. The molecule has 0 unspecified atom stereocenters. The van der Waals surface area contributed by atoms with Crippen LogP contribution in [0.4, 0.5) is 0 Å². The number of ketones is 1. The summed E-state index contributed by atoms with van der Waals surface area (Å²) in [4.78, 5) is 25.7. The summed E-state index contributed by atoms with van der Waals surface area (Å²) in [6.07, 6.45) is 1.26. The first-order valence-corrected chi connectivity index (χ1v) is 10.3. The number of rotatable bonds is 4. The first-order valence-electron chi connectivity index (χ1n) is 9.53. The Morgan fingerprint density at radius 1 is 0.966 bits per heavy atom. The highest BCUT2D eigenvalue weighted by atomic mass is 79.9. The molecule has 150 valence electrons.